The average molecular weight is 643 g/mol. The maximum absolute atomic E-state index is 13.4. The second kappa shape index (κ2) is 13.9. The van der Waals surface area contributed by atoms with Gasteiger partial charge in [0.1, 0.15) is 0 Å². The van der Waals surface area contributed by atoms with Gasteiger partial charge in [-0.25, -0.2) is 14.4 Å². The lowest BCUT2D eigenvalue weighted by molar-refractivity contribution is -0.139. The van der Waals surface area contributed by atoms with Crippen LogP contribution in [0.4, 0.5) is 28.4 Å². The first-order valence-corrected chi connectivity index (χ1v) is 14.6. The van der Waals surface area contributed by atoms with Crippen LogP contribution < -0.4 is 10.6 Å². The highest BCUT2D eigenvalue weighted by atomic mass is 35.5. The van der Waals surface area contributed by atoms with Gasteiger partial charge < -0.3 is 20.3 Å². The number of esters is 1. The number of ether oxygens (including phenoxy) is 1. The number of benzene rings is 2. The highest BCUT2D eigenvalue weighted by molar-refractivity contribution is 6.35. The summed E-state index contributed by atoms with van der Waals surface area (Å²) in [4.78, 5) is 44.7. The molecule has 0 aromatic heterocycles. The van der Waals surface area contributed by atoms with E-state index < -0.39 is 35.8 Å². The molecule has 2 aromatic carbocycles. The number of anilines is 1. The molecule has 0 radical (unpaired) electrons. The van der Waals surface area contributed by atoms with Gasteiger partial charge in [0, 0.05) is 60.7 Å². The molecule has 1 atom stereocenters. The van der Waals surface area contributed by atoms with E-state index in [1.807, 2.05) is 4.90 Å². The van der Waals surface area contributed by atoms with E-state index in [2.05, 4.69) is 10.6 Å². The summed E-state index contributed by atoms with van der Waals surface area (Å²) in [5, 5.41) is 6.22. The molecule has 2 aliphatic rings. The van der Waals surface area contributed by atoms with Crippen molar-refractivity contribution in [1.82, 2.24) is 20.0 Å². The number of nitrogens with one attached hydrogen (secondary N) is 2. The standard InChI is InChI=1S/C29H32Cl2F3N5O4/c1-3-39-23(24(26(40)43-4-2)25(36-28(39)42)21-11-8-19(30)16-22(21)31)17-37-12-5-13-38(15-14-37)27(41)35-20-9-6-18(7-10-20)29(32,33)34/h6-11,16,25H,3-5,12-15,17H2,1-2H3,(H,35,41)(H,36,42)/t25-/m0/s1. The Morgan fingerprint density at radius 3 is 2.40 bits per heavy atom. The highest BCUT2D eigenvalue weighted by Gasteiger charge is 2.39. The number of hydrogen-bond acceptors (Lipinski definition) is 5. The van der Waals surface area contributed by atoms with Gasteiger partial charge in [0.2, 0.25) is 0 Å². The van der Waals surface area contributed by atoms with Gasteiger partial charge in [0.05, 0.1) is 23.8 Å². The van der Waals surface area contributed by atoms with Crippen molar-refractivity contribution in [1.29, 1.82) is 0 Å². The zero-order chi connectivity index (χ0) is 31.3. The maximum atomic E-state index is 13.4. The summed E-state index contributed by atoms with van der Waals surface area (Å²) in [6.45, 7) is 5.86. The summed E-state index contributed by atoms with van der Waals surface area (Å²) in [6.07, 6.45) is -3.87. The lowest BCUT2D eigenvalue weighted by atomic mass is 9.94. The number of carbonyl (C=O) groups excluding carboxylic acids is 3. The number of amides is 4. The number of carbonyl (C=O) groups is 3. The van der Waals surface area contributed by atoms with E-state index >= 15 is 0 Å². The fraction of sp³-hybridized carbons (Fsp3) is 0.414. The van der Waals surface area contributed by atoms with Crippen LogP contribution in [-0.4, -0.2) is 78.6 Å². The van der Waals surface area contributed by atoms with Crippen molar-refractivity contribution in [2.45, 2.75) is 32.5 Å². The minimum Gasteiger partial charge on any atom is -0.463 e. The van der Waals surface area contributed by atoms with Crippen molar-refractivity contribution in [2.75, 3.05) is 51.2 Å². The van der Waals surface area contributed by atoms with Crippen LogP contribution in [0.5, 0.6) is 0 Å². The Hall–Kier alpha value is -3.48. The molecule has 232 valence electrons. The monoisotopic (exact) mass is 641 g/mol. The molecule has 0 spiro atoms. The number of likely N-dealkylation sites (N-methyl/N-ethyl adjacent to an activating group) is 1. The molecule has 0 saturated carbocycles. The normalized spacial score (nSPS) is 18.3. The van der Waals surface area contributed by atoms with Crippen molar-refractivity contribution in [3.05, 3.63) is 74.9 Å². The Morgan fingerprint density at radius 1 is 1.05 bits per heavy atom. The van der Waals surface area contributed by atoms with Gasteiger partial charge in [0.25, 0.3) is 0 Å². The number of hydrogen-bond donors (Lipinski definition) is 2. The molecule has 14 heteroatoms. The van der Waals surface area contributed by atoms with Gasteiger partial charge >= 0.3 is 24.2 Å². The average Bonchev–Trinajstić information content (AvgIpc) is 3.18. The van der Waals surface area contributed by atoms with E-state index in [1.165, 1.54) is 17.0 Å². The molecule has 43 heavy (non-hydrogen) atoms. The van der Waals surface area contributed by atoms with Gasteiger partial charge in [-0.2, -0.15) is 13.2 Å². The molecule has 0 unspecified atom stereocenters. The van der Waals surface area contributed by atoms with Gasteiger partial charge in [-0.05, 0) is 62.2 Å². The van der Waals surface area contributed by atoms with Gasteiger partial charge in [-0.3, -0.25) is 9.80 Å². The Bertz CT molecular complexity index is 1390. The largest absolute Gasteiger partial charge is 0.463 e. The molecule has 2 heterocycles. The molecular weight excluding hydrogens is 610 g/mol. The van der Waals surface area contributed by atoms with E-state index in [4.69, 9.17) is 27.9 Å². The fourth-order valence-corrected chi connectivity index (χ4v) is 5.63. The summed E-state index contributed by atoms with van der Waals surface area (Å²) >= 11 is 12.6. The molecule has 2 aromatic rings. The van der Waals surface area contributed by atoms with Crippen LogP contribution >= 0.6 is 23.2 Å². The number of nitrogens with zero attached hydrogens (tertiary/aromatic N) is 3. The van der Waals surface area contributed by atoms with Gasteiger partial charge in [0.15, 0.2) is 0 Å². The molecule has 1 saturated heterocycles. The predicted molar refractivity (Wildman–Crippen MR) is 157 cm³/mol. The minimum absolute atomic E-state index is 0.128. The quantitative estimate of drug-likeness (QED) is 0.354. The molecule has 0 aliphatic carbocycles. The molecule has 1 fully saturated rings. The summed E-state index contributed by atoms with van der Waals surface area (Å²) < 4.78 is 44.0. The third-order valence-electron chi connectivity index (χ3n) is 7.24. The highest BCUT2D eigenvalue weighted by Crippen LogP contribution is 2.36. The van der Waals surface area contributed by atoms with Crippen LogP contribution in [0, 0.1) is 0 Å². The second-order valence-corrected chi connectivity index (χ2v) is 10.8. The third-order valence-corrected chi connectivity index (χ3v) is 7.80. The fourth-order valence-electron chi connectivity index (χ4n) is 5.12. The molecule has 4 amide bonds. The van der Waals surface area contributed by atoms with Crippen LogP contribution in [0.3, 0.4) is 0 Å². The van der Waals surface area contributed by atoms with E-state index in [0.717, 1.165) is 12.1 Å². The van der Waals surface area contributed by atoms with Crippen LogP contribution in [0.1, 0.15) is 37.4 Å². The lowest BCUT2D eigenvalue weighted by Crippen LogP contribution is -2.51. The van der Waals surface area contributed by atoms with Gasteiger partial charge in [-0.1, -0.05) is 29.3 Å². The zero-order valence-corrected chi connectivity index (χ0v) is 25.2. The van der Waals surface area contributed by atoms with E-state index in [1.54, 1.807) is 36.9 Å². The first kappa shape index (κ1) is 32.4. The van der Waals surface area contributed by atoms with Crippen molar-refractivity contribution in [2.24, 2.45) is 0 Å². The molecular formula is C29H32Cl2F3N5O4. The van der Waals surface area contributed by atoms with Crippen LogP contribution in [-0.2, 0) is 15.7 Å². The Balaban J connectivity index is 1.55. The summed E-state index contributed by atoms with van der Waals surface area (Å²) in [6, 6.07) is 7.39. The summed E-state index contributed by atoms with van der Waals surface area (Å²) in [5.41, 5.74) is 0.683. The molecule has 4 rings (SSSR count). The number of alkyl halides is 3. The summed E-state index contributed by atoms with van der Waals surface area (Å²) in [5.74, 6) is -0.584. The zero-order valence-electron chi connectivity index (χ0n) is 23.6. The first-order valence-electron chi connectivity index (χ1n) is 13.8. The SMILES string of the molecule is CCOC(=O)C1=C(CN2CCCN(C(=O)Nc3ccc(C(F)(F)F)cc3)CC2)N(CC)C(=O)N[C@H]1c1ccc(Cl)cc1Cl. The Labute approximate surface area is 257 Å². The predicted octanol–water partition coefficient (Wildman–Crippen LogP) is 6.16. The molecule has 0 bridgehead atoms. The van der Waals surface area contributed by atoms with Gasteiger partial charge in [-0.15, -0.1) is 0 Å². The number of halogens is 5. The van der Waals surface area contributed by atoms with Crippen LogP contribution in [0.25, 0.3) is 0 Å². The molecule has 2 aliphatic heterocycles. The van der Waals surface area contributed by atoms with Crippen molar-refractivity contribution in [3.8, 4) is 0 Å². The van der Waals surface area contributed by atoms with Crippen molar-refractivity contribution in [3.63, 3.8) is 0 Å². The number of rotatable bonds is 7. The molecule has 9 nitrogen and oxygen atoms in total. The smallest absolute Gasteiger partial charge is 0.416 e. The first-order chi connectivity index (χ1) is 20.4. The second-order valence-electron chi connectivity index (χ2n) is 10.00. The lowest BCUT2D eigenvalue weighted by Gasteiger charge is -2.38. The van der Waals surface area contributed by atoms with Crippen molar-refractivity contribution >= 4 is 46.9 Å². The Kier molecular flexibility index (Phi) is 10.5. The van der Waals surface area contributed by atoms with Crippen LogP contribution in [0.15, 0.2) is 53.7 Å². The summed E-state index contributed by atoms with van der Waals surface area (Å²) in [7, 11) is 0. The number of urea groups is 2. The molecule has 2 N–H and O–H groups in total. The van der Waals surface area contributed by atoms with Crippen LogP contribution in [0.2, 0.25) is 10.0 Å². The van der Waals surface area contributed by atoms with Crippen molar-refractivity contribution < 1.29 is 32.3 Å². The maximum Gasteiger partial charge on any atom is 0.416 e. The van der Waals surface area contributed by atoms with E-state index in [0.29, 0.717) is 55.4 Å². The van der Waals surface area contributed by atoms with E-state index in [-0.39, 0.29) is 29.4 Å². The van der Waals surface area contributed by atoms with E-state index in [9.17, 15) is 27.6 Å². The minimum atomic E-state index is -4.47. The topological polar surface area (TPSA) is 94.2 Å². The third kappa shape index (κ3) is 7.73. The Morgan fingerprint density at radius 2 is 1.77 bits per heavy atom.